The van der Waals surface area contributed by atoms with Gasteiger partial charge < -0.3 is 16.2 Å². The SMILES string of the molecule is NC(=O)CC(NC(=O)C(C(F)(F)F)C(F)(F)F)C(=O)O. The van der Waals surface area contributed by atoms with Crippen molar-refractivity contribution in [2.75, 3.05) is 0 Å². The molecule has 0 saturated carbocycles. The van der Waals surface area contributed by atoms with Gasteiger partial charge in [-0.15, -0.1) is 0 Å². The van der Waals surface area contributed by atoms with Crippen LogP contribution >= 0.6 is 0 Å². The normalized spacial score (nSPS) is 13.9. The van der Waals surface area contributed by atoms with E-state index in [2.05, 4.69) is 5.73 Å². The van der Waals surface area contributed by atoms with Crippen LogP contribution in [0, 0.1) is 5.92 Å². The molecular formula is C8H8F6N2O4. The zero-order valence-electron chi connectivity index (χ0n) is 9.38. The predicted octanol–water partition coefficient (Wildman–Crippen LogP) is 0.172. The van der Waals surface area contributed by atoms with Gasteiger partial charge in [0.05, 0.1) is 6.42 Å². The molecule has 1 unspecified atom stereocenters. The summed E-state index contributed by atoms with van der Waals surface area (Å²) in [7, 11) is 0. The lowest BCUT2D eigenvalue weighted by atomic mass is 10.1. The molecule has 0 aliphatic rings. The Morgan fingerprint density at radius 2 is 1.45 bits per heavy atom. The minimum absolute atomic E-state index is 0.982. The Hall–Kier alpha value is -2.01. The molecule has 0 aliphatic heterocycles. The zero-order chi connectivity index (χ0) is 16.3. The quantitative estimate of drug-likeness (QED) is 0.629. The van der Waals surface area contributed by atoms with Crippen LogP contribution < -0.4 is 11.1 Å². The lowest BCUT2D eigenvalue weighted by Gasteiger charge is -2.23. The maximum Gasteiger partial charge on any atom is 0.409 e. The molecule has 20 heavy (non-hydrogen) atoms. The van der Waals surface area contributed by atoms with Gasteiger partial charge in [0.15, 0.2) is 0 Å². The number of amides is 2. The number of carbonyl (C=O) groups is 3. The summed E-state index contributed by atoms with van der Waals surface area (Å²) in [6.07, 6.45) is -13.1. The molecule has 0 rings (SSSR count). The first-order chi connectivity index (χ1) is 8.76. The molecule has 1 atom stereocenters. The monoisotopic (exact) mass is 310 g/mol. The van der Waals surface area contributed by atoms with Gasteiger partial charge >= 0.3 is 18.3 Å². The highest BCUT2D eigenvalue weighted by Gasteiger charge is 2.61. The minimum atomic E-state index is -5.96. The summed E-state index contributed by atoms with van der Waals surface area (Å²) in [6.45, 7) is 0. The topological polar surface area (TPSA) is 109 Å². The highest BCUT2D eigenvalue weighted by molar-refractivity contribution is 5.89. The third kappa shape index (κ3) is 5.32. The van der Waals surface area contributed by atoms with Gasteiger partial charge in [0.1, 0.15) is 6.04 Å². The highest BCUT2D eigenvalue weighted by Crippen LogP contribution is 2.39. The van der Waals surface area contributed by atoms with Crippen molar-refractivity contribution in [3.8, 4) is 0 Å². The van der Waals surface area contributed by atoms with E-state index in [1.807, 2.05) is 0 Å². The minimum Gasteiger partial charge on any atom is -0.480 e. The van der Waals surface area contributed by atoms with Crippen LogP contribution in [0.4, 0.5) is 26.3 Å². The molecule has 0 aromatic heterocycles. The molecule has 116 valence electrons. The van der Waals surface area contributed by atoms with Crippen LogP contribution in [0.15, 0.2) is 0 Å². The molecule has 0 spiro atoms. The molecule has 4 N–H and O–H groups in total. The van der Waals surface area contributed by atoms with Crippen LogP contribution in [0.3, 0.4) is 0 Å². The third-order valence-corrected chi connectivity index (χ3v) is 1.94. The molecule has 0 fully saturated rings. The summed E-state index contributed by atoms with van der Waals surface area (Å²) in [5, 5.41) is 9.46. The van der Waals surface area contributed by atoms with Crippen LogP contribution in [0.2, 0.25) is 0 Å². The van der Waals surface area contributed by atoms with Crippen LogP contribution in [0.25, 0.3) is 0 Å². The van der Waals surface area contributed by atoms with Gasteiger partial charge in [-0.1, -0.05) is 0 Å². The van der Waals surface area contributed by atoms with E-state index in [4.69, 9.17) is 5.11 Å². The number of rotatable bonds is 5. The Balaban J connectivity index is 5.19. The average Bonchev–Trinajstić information content (AvgIpc) is 2.09. The number of carbonyl (C=O) groups excluding carboxylic acids is 2. The van der Waals surface area contributed by atoms with Gasteiger partial charge in [-0.2, -0.15) is 26.3 Å². The van der Waals surface area contributed by atoms with Crippen LogP contribution in [-0.2, 0) is 14.4 Å². The second-order valence-electron chi connectivity index (χ2n) is 3.59. The first kappa shape index (κ1) is 18.0. The van der Waals surface area contributed by atoms with Crippen LogP contribution in [0.5, 0.6) is 0 Å². The number of alkyl halides is 6. The molecule has 6 nitrogen and oxygen atoms in total. The zero-order valence-corrected chi connectivity index (χ0v) is 9.38. The van der Waals surface area contributed by atoms with Crippen molar-refractivity contribution in [1.82, 2.24) is 5.32 Å². The number of aliphatic carboxylic acids is 1. The van der Waals surface area contributed by atoms with Gasteiger partial charge in [0.2, 0.25) is 17.7 Å². The molecule has 2 amide bonds. The fourth-order valence-electron chi connectivity index (χ4n) is 1.14. The Bertz CT molecular complexity index is 391. The Morgan fingerprint density at radius 1 is 1.05 bits per heavy atom. The molecule has 0 aliphatic carbocycles. The van der Waals surface area contributed by atoms with Crippen molar-refractivity contribution in [2.45, 2.75) is 24.8 Å². The maximum atomic E-state index is 12.2. The van der Waals surface area contributed by atoms with E-state index in [0.717, 1.165) is 5.32 Å². The van der Waals surface area contributed by atoms with Gasteiger partial charge in [-0.3, -0.25) is 9.59 Å². The van der Waals surface area contributed by atoms with E-state index in [1.165, 1.54) is 0 Å². The summed E-state index contributed by atoms with van der Waals surface area (Å²) in [5.41, 5.74) is 4.56. The van der Waals surface area contributed by atoms with Crippen molar-refractivity contribution < 1.29 is 45.8 Å². The summed E-state index contributed by atoms with van der Waals surface area (Å²) in [5.74, 6) is -10.4. The number of carboxylic acids is 1. The number of nitrogens with one attached hydrogen (secondary N) is 1. The fraction of sp³-hybridized carbons (Fsp3) is 0.625. The molecule has 0 heterocycles. The molecule has 0 bridgehead atoms. The Morgan fingerprint density at radius 3 is 1.70 bits per heavy atom. The maximum absolute atomic E-state index is 12.2. The van der Waals surface area contributed by atoms with Gasteiger partial charge in [0.25, 0.3) is 0 Å². The van der Waals surface area contributed by atoms with Crippen molar-refractivity contribution in [3.05, 3.63) is 0 Å². The van der Waals surface area contributed by atoms with E-state index >= 15 is 0 Å². The van der Waals surface area contributed by atoms with Crippen molar-refractivity contribution in [2.24, 2.45) is 11.7 Å². The number of hydrogen-bond donors (Lipinski definition) is 3. The first-order valence-electron chi connectivity index (χ1n) is 4.71. The van der Waals surface area contributed by atoms with Gasteiger partial charge in [-0.05, 0) is 0 Å². The van der Waals surface area contributed by atoms with E-state index in [0.29, 0.717) is 0 Å². The van der Waals surface area contributed by atoms with Gasteiger partial charge in [0, 0.05) is 0 Å². The summed E-state index contributed by atoms with van der Waals surface area (Å²) < 4.78 is 73.0. The molecule has 0 aromatic rings. The van der Waals surface area contributed by atoms with Crippen LogP contribution in [0.1, 0.15) is 6.42 Å². The number of primary amides is 1. The number of hydrogen-bond acceptors (Lipinski definition) is 3. The average molecular weight is 310 g/mol. The molecular weight excluding hydrogens is 302 g/mol. The summed E-state index contributed by atoms with van der Waals surface area (Å²) in [6, 6.07) is -2.28. The summed E-state index contributed by atoms with van der Waals surface area (Å²) in [4.78, 5) is 31.9. The van der Waals surface area contributed by atoms with E-state index in [-0.39, 0.29) is 0 Å². The number of nitrogens with two attached hydrogens (primary N) is 1. The van der Waals surface area contributed by atoms with Crippen molar-refractivity contribution >= 4 is 17.8 Å². The number of halogens is 6. The lowest BCUT2D eigenvalue weighted by Crippen LogP contribution is -2.53. The van der Waals surface area contributed by atoms with E-state index < -0.39 is 48.5 Å². The van der Waals surface area contributed by atoms with Crippen LogP contribution in [-0.4, -0.2) is 41.3 Å². The smallest absolute Gasteiger partial charge is 0.409 e. The summed E-state index contributed by atoms with van der Waals surface area (Å²) >= 11 is 0. The standard InChI is InChI=1S/C8H8F6N2O4/c9-7(10,11)4(8(12,13)14)5(18)16-2(6(19)20)1-3(15)17/h2,4H,1H2,(H2,15,17)(H,16,18)(H,19,20). The highest BCUT2D eigenvalue weighted by atomic mass is 19.4. The Kier molecular flexibility index (Phi) is 5.36. The molecule has 0 saturated heterocycles. The van der Waals surface area contributed by atoms with Crippen molar-refractivity contribution in [3.63, 3.8) is 0 Å². The molecule has 0 aromatic carbocycles. The fourth-order valence-corrected chi connectivity index (χ4v) is 1.14. The van der Waals surface area contributed by atoms with E-state index in [9.17, 15) is 40.7 Å². The predicted molar refractivity (Wildman–Crippen MR) is 49.0 cm³/mol. The second kappa shape index (κ2) is 5.96. The van der Waals surface area contributed by atoms with Crippen molar-refractivity contribution in [1.29, 1.82) is 0 Å². The second-order valence-corrected chi connectivity index (χ2v) is 3.59. The van der Waals surface area contributed by atoms with Gasteiger partial charge in [-0.25, -0.2) is 4.79 Å². The molecule has 12 heteroatoms. The Labute approximate surface area is 106 Å². The number of carboxylic acid groups (broad SMARTS) is 1. The lowest BCUT2D eigenvalue weighted by molar-refractivity contribution is -0.274. The first-order valence-corrected chi connectivity index (χ1v) is 4.71. The molecule has 0 radical (unpaired) electrons. The third-order valence-electron chi connectivity index (χ3n) is 1.94. The van der Waals surface area contributed by atoms with E-state index in [1.54, 1.807) is 0 Å². The largest absolute Gasteiger partial charge is 0.480 e.